The molecule has 0 spiro atoms. The molecule has 0 amide bonds. The fourth-order valence-electron chi connectivity index (χ4n) is 1.93. The standard InChI is InChI=1S/C15H14F3N/c1-9-2-7-12(15(18)14(9)17)13(19)8-10-3-5-11(16)6-4-10/h2-7,13H,8,19H2,1H3. The molecule has 0 aliphatic carbocycles. The average Bonchev–Trinajstić information content (AvgIpc) is 2.39. The van der Waals surface area contributed by atoms with Gasteiger partial charge in [-0.1, -0.05) is 24.3 Å². The van der Waals surface area contributed by atoms with Crippen molar-refractivity contribution in [2.24, 2.45) is 5.73 Å². The van der Waals surface area contributed by atoms with Gasteiger partial charge >= 0.3 is 0 Å². The summed E-state index contributed by atoms with van der Waals surface area (Å²) < 4.78 is 40.0. The van der Waals surface area contributed by atoms with Gasteiger partial charge in [0.25, 0.3) is 0 Å². The summed E-state index contributed by atoms with van der Waals surface area (Å²) in [5.74, 6) is -2.12. The first-order valence-corrected chi connectivity index (χ1v) is 5.93. The van der Waals surface area contributed by atoms with Crippen LogP contribution in [0.2, 0.25) is 0 Å². The average molecular weight is 265 g/mol. The zero-order valence-corrected chi connectivity index (χ0v) is 10.5. The van der Waals surface area contributed by atoms with E-state index in [9.17, 15) is 13.2 Å². The molecule has 0 saturated heterocycles. The van der Waals surface area contributed by atoms with E-state index in [1.165, 1.54) is 31.2 Å². The van der Waals surface area contributed by atoms with Crippen molar-refractivity contribution in [3.8, 4) is 0 Å². The minimum absolute atomic E-state index is 0.132. The Hall–Kier alpha value is -1.81. The van der Waals surface area contributed by atoms with Crippen LogP contribution in [-0.2, 0) is 6.42 Å². The lowest BCUT2D eigenvalue weighted by Gasteiger charge is -2.14. The molecule has 1 nitrogen and oxygen atoms in total. The van der Waals surface area contributed by atoms with Crippen LogP contribution in [0.1, 0.15) is 22.7 Å². The highest BCUT2D eigenvalue weighted by Gasteiger charge is 2.16. The number of aryl methyl sites for hydroxylation is 1. The van der Waals surface area contributed by atoms with Crippen LogP contribution in [0.5, 0.6) is 0 Å². The van der Waals surface area contributed by atoms with Gasteiger partial charge in [0.1, 0.15) is 5.82 Å². The van der Waals surface area contributed by atoms with Crippen molar-refractivity contribution in [1.29, 1.82) is 0 Å². The van der Waals surface area contributed by atoms with E-state index in [1.807, 2.05) is 0 Å². The lowest BCUT2D eigenvalue weighted by atomic mass is 9.98. The predicted octanol–water partition coefficient (Wildman–Crippen LogP) is 3.65. The molecule has 0 aromatic heterocycles. The number of hydrogen-bond donors (Lipinski definition) is 1. The topological polar surface area (TPSA) is 26.0 Å². The molecule has 0 aliphatic heterocycles. The smallest absolute Gasteiger partial charge is 0.163 e. The summed E-state index contributed by atoms with van der Waals surface area (Å²) in [6, 6.07) is 8.11. The lowest BCUT2D eigenvalue weighted by molar-refractivity contribution is 0.483. The molecular formula is C15H14F3N. The first-order valence-electron chi connectivity index (χ1n) is 5.93. The van der Waals surface area contributed by atoms with Crippen LogP contribution in [0, 0.1) is 24.4 Å². The van der Waals surface area contributed by atoms with Crippen molar-refractivity contribution in [2.75, 3.05) is 0 Å². The van der Waals surface area contributed by atoms with Gasteiger partial charge in [0, 0.05) is 11.6 Å². The predicted molar refractivity (Wildman–Crippen MR) is 68.1 cm³/mol. The fraction of sp³-hybridized carbons (Fsp3) is 0.200. The zero-order valence-electron chi connectivity index (χ0n) is 10.5. The van der Waals surface area contributed by atoms with Crippen molar-refractivity contribution in [3.05, 3.63) is 70.5 Å². The molecule has 2 aromatic carbocycles. The molecule has 1 unspecified atom stereocenters. The van der Waals surface area contributed by atoms with E-state index < -0.39 is 17.7 Å². The number of halogens is 3. The summed E-state index contributed by atoms with van der Waals surface area (Å²) in [5.41, 5.74) is 7.03. The monoisotopic (exact) mass is 265 g/mol. The Kier molecular flexibility index (Phi) is 3.90. The molecular weight excluding hydrogens is 251 g/mol. The van der Waals surface area contributed by atoms with Crippen LogP contribution in [0.4, 0.5) is 13.2 Å². The van der Waals surface area contributed by atoms with Gasteiger partial charge in [0.2, 0.25) is 0 Å². The Morgan fingerprint density at radius 1 is 0.947 bits per heavy atom. The second kappa shape index (κ2) is 5.45. The number of rotatable bonds is 3. The van der Waals surface area contributed by atoms with E-state index in [1.54, 1.807) is 12.1 Å². The molecule has 100 valence electrons. The molecule has 4 heteroatoms. The van der Waals surface area contributed by atoms with E-state index in [-0.39, 0.29) is 16.9 Å². The number of benzene rings is 2. The summed E-state index contributed by atoms with van der Waals surface area (Å²) >= 11 is 0. The first kappa shape index (κ1) is 13.6. The lowest BCUT2D eigenvalue weighted by Crippen LogP contribution is -2.16. The third-order valence-electron chi connectivity index (χ3n) is 3.07. The van der Waals surface area contributed by atoms with Crippen molar-refractivity contribution >= 4 is 0 Å². The highest BCUT2D eigenvalue weighted by atomic mass is 19.2. The van der Waals surface area contributed by atoms with Crippen LogP contribution in [-0.4, -0.2) is 0 Å². The molecule has 0 saturated carbocycles. The Morgan fingerprint density at radius 3 is 2.21 bits per heavy atom. The molecule has 2 aromatic rings. The van der Waals surface area contributed by atoms with Crippen molar-refractivity contribution < 1.29 is 13.2 Å². The van der Waals surface area contributed by atoms with Gasteiger partial charge in [-0.2, -0.15) is 0 Å². The van der Waals surface area contributed by atoms with E-state index in [0.717, 1.165) is 5.56 Å². The summed E-state index contributed by atoms with van der Waals surface area (Å²) in [4.78, 5) is 0. The van der Waals surface area contributed by atoms with Gasteiger partial charge in [-0.25, -0.2) is 13.2 Å². The van der Waals surface area contributed by atoms with Crippen LogP contribution in [0.15, 0.2) is 36.4 Å². The molecule has 0 fully saturated rings. The Bertz CT molecular complexity index is 579. The highest BCUT2D eigenvalue weighted by Crippen LogP contribution is 2.23. The molecule has 2 N–H and O–H groups in total. The normalized spacial score (nSPS) is 12.5. The van der Waals surface area contributed by atoms with E-state index >= 15 is 0 Å². The number of nitrogens with two attached hydrogens (primary N) is 1. The molecule has 0 radical (unpaired) electrons. The second-order valence-corrected chi connectivity index (χ2v) is 4.54. The van der Waals surface area contributed by atoms with Crippen LogP contribution < -0.4 is 5.73 Å². The Balaban J connectivity index is 2.23. The minimum atomic E-state index is -0.908. The van der Waals surface area contributed by atoms with Gasteiger partial charge in [-0.05, 0) is 36.6 Å². The van der Waals surface area contributed by atoms with Gasteiger partial charge in [-0.15, -0.1) is 0 Å². The Labute approximate surface area is 109 Å². The maximum atomic E-state index is 13.8. The molecule has 0 bridgehead atoms. The second-order valence-electron chi connectivity index (χ2n) is 4.54. The molecule has 2 rings (SSSR count). The first-order chi connectivity index (χ1) is 8.99. The van der Waals surface area contributed by atoms with Gasteiger partial charge < -0.3 is 5.73 Å². The maximum absolute atomic E-state index is 13.8. The van der Waals surface area contributed by atoms with Crippen molar-refractivity contribution in [3.63, 3.8) is 0 Å². The van der Waals surface area contributed by atoms with E-state index in [0.29, 0.717) is 6.42 Å². The highest BCUT2D eigenvalue weighted by molar-refractivity contribution is 5.29. The maximum Gasteiger partial charge on any atom is 0.163 e. The minimum Gasteiger partial charge on any atom is -0.324 e. The Morgan fingerprint density at radius 2 is 1.58 bits per heavy atom. The van der Waals surface area contributed by atoms with E-state index in [2.05, 4.69) is 0 Å². The van der Waals surface area contributed by atoms with Crippen molar-refractivity contribution in [2.45, 2.75) is 19.4 Å². The van der Waals surface area contributed by atoms with Gasteiger partial charge in [0.15, 0.2) is 11.6 Å². The molecule has 0 aliphatic rings. The zero-order chi connectivity index (χ0) is 14.0. The van der Waals surface area contributed by atoms with Crippen LogP contribution in [0.25, 0.3) is 0 Å². The molecule has 1 atom stereocenters. The van der Waals surface area contributed by atoms with E-state index in [4.69, 9.17) is 5.73 Å². The summed E-state index contributed by atoms with van der Waals surface area (Å²) in [6.07, 6.45) is 0.319. The number of hydrogen-bond acceptors (Lipinski definition) is 1. The van der Waals surface area contributed by atoms with Crippen LogP contribution in [0.3, 0.4) is 0 Å². The molecule has 0 heterocycles. The summed E-state index contributed by atoms with van der Waals surface area (Å²) in [6.45, 7) is 1.49. The fourth-order valence-corrected chi connectivity index (χ4v) is 1.93. The SMILES string of the molecule is Cc1ccc(C(N)Cc2ccc(F)cc2)c(F)c1F. The van der Waals surface area contributed by atoms with Gasteiger partial charge in [0.05, 0.1) is 0 Å². The van der Waals surface area contributed by atoms with Crippen LogP contribution >= 0.6 is 0 Å². The summed E-state index contributed by atoms with van der Waals surface area (Å²) in [5, 5.41) is 0. The molecule has 19 heavy (non-hydrogen) atoms. The third kappa shape index (κ3) is 2.96. The summed E-state index contributed by atoms with van der Waals surface area (Å²) in [7, 11) is 0. The van der Waals surface area contributed by atoms with Crippen molar-refractivity contribution in [1.82, 2.24) is 0 Å². The quantitative estimate of drug-likeness (QED) is 0.900. The largest absolute Gasteiger partial charge is 0.324 e. The van der Waals surface area contributed by atoms with Gasteiger partial charge in [-0.3, -0.25) is 0 Å². The third-order valence-corrected chi connectivity index (χ3v) is 3.07.